The van der Waals surface area contributed by atoms with Crippen LogP contribution in [0.4, 0.5) is 0 Å². The van der Waals surface area contributed by atoms with E-state index in [0.717, 1.165) is 24.4 Å². The lowest BCUT2D eigenvalue weighted by atomic mass is 9.97. The highest BCUT2D eigenvalue weighted by atomic mass is 32.1. The summed E-state index contributed by atoms with van der Waals surface area (Å²) in [6.07, 6.45) is 3.57. The molecule has 0 radical (unpaired) electrons. The maximum atomic E-state index is 11.0. The topological polar surface area (TPSA) is 53.4 Å². The van der Waals surface area contributed by atoms with Gasteiger partial charge in [-0.2, -0.15) is 0 Å². The molecule has 0 spiro atoms. The number of carboxylic acid groups (broad SMARTS) is 1. The van der Waals surface area contributed by atoms with Crippen molar-refractivity contribution in [2.45, 2.75) is 25.8 Å². The van der Waals surface area contributed by atoms with Gasteiger partial charge in [0, 0.05) is 18.1 Å². The standard InChI is InChI=1S/C11H16N2O2S/c1-8(10-12-4-6-16-10)13-5-2-3-9(7-13)11(14)15/h4,6,8-9H,2-3,5,7H2,1H3,(H,14,15)/t8-,9+/m0/s1. The highest BCUT2D eigenvalue weighted by Crippen LogP contribution is 2.27. The van der Waals surface area contributed by atoms with Crippen LogP contribution in [-0.4, -0.2) is 34.0 Å². The Labute approximate surface area is 98.9 Å². The van der Waals surface area contributed by atoms with Crippen molar-refractivity contribution in [3.8, 4) is 0 Å². The van der Waals surface area contributed by atoms with Gasteiger partial charge in [0.1, 0.15) is 5.01 Å². The summed E-state index contributed by atoms with van der Waals surface area (Å²) >= 11 is 1.63. The lowest BCUT2D eigenvalue weighted by Crippen LogP contribution is -2.40. The highest BCUT2D eigenvalue weighted by Gasteiger charge is 2.29. The second-order valence-electron chi connectivity index (χ2n) is 4.22. The number of carbonyl (C=O) groups is 1. The molecule has 1 N–H and O–H groups in total. The maximum absolute atomic E-state index is 11.0. The Balaban J connectivity index is 2.01. The zero-order valence-electron chi connectivity index (χ0n) is 9.30. The summed E-state index contributed by atoms with van der Waals surface area (Å²) in [6, 6.07) is 0.238. The summed E-state index contributed by atoms with van der Waals surface area (Å²) in [5, 5.41) is 12.1. The smallest absolute Gasteiger partial charge is 0.307 e. The molecule has 1 aliphatic heterocycles. The van der Waals surface area contributed by atoms with E-state index in [2.05, 4.69) is 16.8 Å². The predicted molar refractivity (Wildman–Crippen MR) is 62.5 cm³/mol. The largest absolute Gasteiger partial charge is 0.481 e. The van der Waals surface area contributed by atoms with Gasteiger partial charge in [-0.05, 0) is 26.3 Å². The first-order valence-corrected chi connectivity index (χ1v) is 6.42. The lowest BCUT2D eigenvalue weighted by Gasteiger charge is -2.34. The zero-order chi connectivity index (χ0) is 11.5. The average Bonchev–Trinajstić information content (AvgIpc) is 2.81. The molecule has 1 aromatic rings. The van der Waals surface area contributed by atoms with Crippen molar-refractivity contribution < 1.29 is 9.90 Å². The van der Waals surface area contributed by atoms with Gasteiger partial charge in [0.25, 0.3) is 0 Å². The third kappa shape index (κ3) is 2.41. The Morgan fingerprint density at radius 3 is 3.19 bits per heavy atom. The number of rotatable bonds is 3. The Hall–Kier alpha value is -0.940. The van der Waals surface area contributed by atoms with E-state index in [-0.39, 0.29) is 12.0 Å². The van der Waals surface area contributed by atoms with E-state index in [1.54, 1.807) is 17.5 Å². The molecule has 16 heavy (non-hydrogen) atoms. The minimum Gasteiger partial charge on any atom is -0.481 e. The highest BCUT2D eigenvalue weighted by molar-refractivity contribution is 7.09. The SMILES string of the molecule is C[C@@H](c1nccs1)N1CCC[C@@H](C(=O)O)C1. The first-order valence-electron chi connectivity index (χ1n) is 5.54. The van der Waals surface area contributed by atoms with Gasteiger partial charge in [0.05, 0.1) is 12.0 Å². The summed E-state index contributed by atoms with van der Waals surface area (Å²) in [6.45, 7) is 3.73. The molecule has 0 aromatic carbocycles. The van der Waals surface area contributed by atoms with Crippen LogP contribution in [0.2, 0.25) is 0 Å². The van der Waals surface area contributed by atoms with E-state index in [1.807, 2.05) is 5.38 Å². The zero-order valence-corrected chi connectivity index (χ0v) is 10.1. The van der Waals surface area contributed by atoms with Gasteiger partial charge in [-0.1, -0.05) is 0 Å². The molecule has 2 heterocycles. The molecule has 0 unspecified atom stereocenters. The molecular weight excluding hydrogens is 224 g/mol. The Morgan fingerprint density at radius 1 is 1.75 bits per heavy atom. The molecule has 5 heteroatoms. The lowest BCUT2D eigenvalue weighted by molar-refractivity contribution is -0.143. The Kier molecular flexibility index (Phi) is 3.56. The molecule has 1 aliphatic rings. The van der Waals surface area contributed by atoms with Crippen LogP contribution in [0, 0.1) is 5.92 Å². The van der Waals surface area contributed by atoms with Crippen LogP contribution in [0.5, 0.6) is 0 Å². The molecule has 0 bridgehead atoms. The number of hydrogen-bond donors (Lipinski definition) is 1. The molecule has 0 aliphatic carbocycles. The number of piperidine rings is 1. The number of likely N-dealkylation sites (tertiary alicyclic amines) is 1. The Morgan fingerprint density at radius 2 is 2.56 bits per heavy atom. The maximum Gasteiger partial charge on any atom is 0.307 e. The molecule has 1 saturated heterocycles. The predicted octanol–water partition coefficient (Wildman–Crippen LogP) is 2.00. The third-order valence-electron chi connectivity index (χ3n) is 3.16. The van der Waals surface area contributed by atoms with E-state index < -0.39 is 5.97 Å². The normalized spacial score (nSPS) is 24.2. The molecule has 88 valence electrons. The second kappa shape index (κ2) is 4.93. The summed E-state index contributed by atoms with van der Waals surface area (Å²) in [5.74, 6) is -0.882. The van der Waals surface area contributed by atoms with Crippen molar-refractivity contribution in [3.05, 3.63) is 16.6 Å². The van der Waals surface area contributed by atoms with Crippen LogP contribution in [-0.2, 0) is 4.79 Å². The molecule has 1 fully saturated rings. The molecule has 1 aromatic heterocycles. The summed E-state index contributed by atoms with van der Waals surface area (Å²) in [4.78, 5) is 17.5. The summed E-state index contributed by atoms with van der Waals surface area (Å²) in [5.41, 5.74) is 0. The number of aliphatic carboxylic acids is 1. The van der Waals surface area contributed by atoms with Crippen molar-refractivity contribution in [2.24, 2.45) is 5.92 Å². The van der Waals surface area contributed by atoms with Crippen molar-refractivity contribution in [1.29, 1.82) is 0 Å². The molecule has 0 amide bonds. The van der Waals surface area contributed by atoms with Gasteiger partial charge in [-0.25, -0.2) is 4.98 Å². The van der Waals surface area contributed by atoms with Crippen molar-refractivity contribution in [1.82, 2.24) is 9.88 Å². The van der Waals surface area contributed by atoms with Gasteiger partial charge in [-0.3, -0.25) is 9.69 Å². The van der Waals surface area contributed by atoms with E-state index in [1.165, 1.54) is 0 Å². The minimum atomic E-state index is -0.670. The fraction of sp³-hybridized carbons (Fsp3) is 0.636. The number of carboxylic acids is 1. The van der Waals surface area contributed by atoms with Gasteiger partial charge in [0.15, 0.2) is 0 Å². The van der Waals surface area contributed by atoms with Crippen LogP contribution >= 0.6 is 11.3 Å². The van der Waals surface area contributed by atoms with Gasteiger partial charge < -0.3 is 5.11 Å². The molecule has 2 atom stereocenters. The van der Waals surface area contributed by atoms with Crippen LogP contribution < -0.4 is 0 Å². The van der Waals surface area contributed by atoms with Crippen molar-refractivity contribution in [3.63, 3.8) is 0 Å². The molecule has 0 saturated carbocycles. The Bertz CT molecular complexity index is 353. The van der Waals surface area contributed by atoms with E-state index in [9.17, 15) is 4.79 Å². The molecular formula is C11H16N2O2S. The second-order valence-corrected chi connectivity index (χ2v) is 5.14. The minimum absolute atomic E-state index is 0.212. The van der Waals surface area contributed by atoms with Gasteiger partial charge >= 0.3 is 5.97 Å². The summed E-state index contributed by atoms with van der Waals surface area (Å²) in [7, 11) is 0. The van der Waals surface area contributed by atoms with Gasteiger partial charge in [-0.15, -0.1) is 11.3 Å². The van der Waals surface area contributed by atoms with E-state index >= 15 is 0 Å². The first-order chi connectivity index (χ1) is 7.68. The number of nitrogens with zero attached hydrogens (tertiary/aromatic N) is 2. The average molecular weight is 240 g/mol. The van der Waals surface area contributed by atoms with E-state index in [4.69, 9.17) is 5.11 Å². The molecule has 4 nitrogen and oxygen atoms in total. The quantitative estimate of drug-likeness (QED) is 0.878. The van der Waals surface area contributed by atoms with Crippen LogP contribution in [0.25, 0.3) is 0 Å². The number of aromatic nitrogens is 1. The summed E-state index contributed by atoms with van der Waals surface area (Å²) < 4.78 is 0. The molecule has 2 rings (SSSR count). The van der Waals surface area contributed by atoms with Gasteiger partial charge in [0.2, 0.25) is 0 Å². The first kappa shape index (κ1) is 11.5. The fourth-order valence-corrected chi connectivity index (χ4v) is 2.89. The van der Waals surface area contributed by atoms with E-state index in [0.29, 0.717) is 6.54 Å². The van der Waals surface area contributed by atoms with Crippen molar-refractivity contribution in [2.75, 3.05) is 13.1 Å². The fourth-order valence-electron chi connectivity index (χ4n) is 2.16. The van der Waals surface area contributed by atoms with Crippen LogP contribution in [0.3, 0.4) is 0 Å². The monoisotopic (exact) mass is 240 g/mol. The number of hydrogen-bond acceptors (Lipinski definition) is 4. The third-order valence-corrected chi connectivity index (χ3v) is 4.10. The number of thiazole rings is 1. The van der Waals surface area contributed by atoms with Crippen molar-refractivity contribution >= 4 is 17.3 Å². The van der Waals surface area contributed by atoms with Crippen LogP contribution in [0.1, 0.15) is 30.8 Å². The van der Waals surface area contributed by atoms with Crippen LogP contribution in [0.15, 0.2) is 11.6 Å².